The molecule has 1 rings (SSSR count). The zero-order valence-electron chi connectivity index (χ0n) is 8.80. The fourth-order valence-corrected chi connectivity index (χ4v) is 0.903. The molecule has 0 atom stereocenters. The highest BCUT2D eigenvalue weighted by Crippen LogP contribution is 2.19. The van der Waals surface area contributed by atoms with Crippen LogP contribution in [0.3, 0.4) is 0 Å². The quantitative estimate of drug-likeness (QED) is 0.824. The number of benzene rings is 1. The number of ether oxygens (including phenoxy) is 1. The zero-order valence-corrected chi connectivity index (χ0v) is 8.80. The van der Waals surface area contributed by atoms with Gasteiger partial charge in [0.25, 0.3) is 5.91 Å². The molecule has 3 nitrogen and oxygen atoms in total. The van der Waals surface area contributed by atoms with Crippen molar-refractivity contribution in [1.29, 1.82) is 0 Å². The molecular weight excluding hydrogens is 204 g/mol. The summed E-state index contributed by atoms with van der Waals surface area (Å²) in [6.07, 6.45) is 0. The van der Waals surface area contributed by atoms with Crippen LogP contribution in [0.1, 0.15) is 24.2 Å². The van der Waals surface area contributed by atoms with Gasteiger partial charge in [-0.05, 0) is 0 Å². The number of amides is 1. The standard InChI is InChI=1S/C8H7F2NO2.C2H6/c1-13-4-2-5(9)7(8(11)12)6(10)3-4;1-2/h2-3H,1H3,(H2,11,12);1-2H3. The first-order valence-electron chi connectivity index (χ1n) is 4.39. The first-order valence-corrected chi connectivity index (χ1v) is 4.39. The molecule has 0 radical (unpaired) electrons. The van der Waals surface area contributed by atoms with Gasteiger partial charge in [-0.3, -0.25) is 4.79 Å². The van der Waals surface area contributed by atoms with Crippen molar-refractivity contribution in [3.8, 4) is 5.75 Å². The van der Waals surface area contributed by atoms with Gasteiger partial charge in [0.2, 0.25) is 0 Å². The molecule has 0 heterocycles. The van der Waals surface area contributed by atoms with Gasteiger partial charge in [0.1, 0.15) is 22.9 Å². The molecule has 0 fully saturated rings. The van der Waals surface area contributed by atoms with E-state index in [1.807, 2.05) is 13.8 Å². The predicted octanol–water partition coefficient (Wildman–Crippen LogP) is 2.10. The van der Waals surface area contributed by atoms with Gasteiger partial charge in [0.15, 0.2) is 0 Å². The molecule has 1 amide bonds. The van der Waals surface area contributed by atoms with Crippen LogP contribution in [0.5, 0.6) is 5.75 Å². The summed E-state index contributed by atoms with van der Waals surface area (Å²) in [6, 6.07) is 1.78. The minimum absolute atomic E-state index is 0.000000000000000222. The minimum Gasteiger partial charge on any atom is -0.497 e. The van der Waals surface area contributed by atoms with E-state index in [1.165, 1.54) is 7.11 Å². The molecule has 0 saturated heterocycles. The van der Waals surface area contributed by atoms with E-state index in [4.69, 9.17) is 5.73 Å². The van der Waals surface area contributed by atoms with Gasteiger partial charge in [-0.15, -0.1) is 0 Å². The van der Waals surface area contributed by atoms with Crippen LogP contribution < -0.4 is 10.5 Å². The number of nitrogens with two attached hydrogens (primary N) is 1. The van der Waals surface area contributed by atoms with E-state index < -0.39 is 23.1 Å². The fourth-order valence-electron chi connectivity index (χ4n) is 0.903. The molecule has 5 heteroatoms. The molecule has 0 aromatic heterocycles. The van der Waals surface area contributed by atoms with Crippen LogP contribution in [0, 0.1) is 11.6 Å². The summed E-state index contributed by atoms with van der Waals surface area (Å²) >= 11 is 0. The highest BCUT2D eigenvalue weighted by molar-refractivity contribution is 5.93. The highest BCUT2D eigenvalue weighted by Gasteiger charge is 2.15. The molecule has 0 spiro atoms. The second-order valence-corrected chi connectivity index (χ2v) is 2.33. The van der Waals surface area contributed by atoms with Crippen LogP contribution in [0.25, 0.3) is 0 Å². The number of primary amides is 1. The maximum Gasteiger partial charge on any atom is 0.254 e. The zero-order chi connectivity index (χ0) is 12.0. The number of methoxy groups -OCH3 is 1. The molecule has 84 valence electrons. The first-order chi connectivity index (χ1) is 7.06. The molecule has 1 aromatic carbocycles. The van der Waals surface area contributed by atoms with Crippen molar-refractivity contribution in [1.82, 2.24) is 0 Å². The molecule has 0 saturated carbocycles. The largest absolute Gasteiger partial charge is 0.497 e. The molecule has 0 unspecified atom stereocenters. The Bertz CT molecular complexity index is 330. The third-order valence-electron chi connectivity index (χ3n) is 1.50. The monoisotopic (exact) mass is 217 g/mol. The van der Waals surface area contributed by atoms with Crippen LogP contribution in [0.2, 0.25) is 0 Å². The smallest absolute Gasteiger partial charge is 0.254 e. The first kappa shape index (κ1) is 13.4. The lowest BCUT2D eigenvalue weighted by molar-refractivity contribution is 0.0992. The van der Waals surface area contributed by atoms with Gasteiger partial charge in [-0.2, -0.15) is 0 Å². The number of halogens is 2. The molecule has 15 heavy (non-hydrogen) atoms. The molecule has 0 bridgehead atoms. The number of carbonyl (C=O) groups excluding carboxylic acids is 1. The van der Waals surface area contributed by atoms with E-state index in [2.05, 4.69) is 4.74 Å². The van der Waals surface area contributed by atoms with Gasteiger partial charge in [0, 0.05) is 12.1 Å². The Morgan fingerprint density at radius 1 is 1.27 bits per heavy atom. The van der Waals surface area contributed by atoms with Crippen molar-refractivity contribution in [2.24, 2.45) is 5.73 Å². The lowest BCUT2D eigenvalue weighted by atomic mass is 10.2. The topological polar surface area (TPSA) is 52.3 Å². The summed E-state index contributed by atoms with van der Waals surface area (Å²) in [5.41, 5.74) is 4.00. The van der Waals surface area contributed by atoms with Crippen molar-refractivity contribution in [3.63, 3.8) is 0 Å². The summed E-state index contributed by atoms with van der Waals surface area (Å²) in [5.74, 6) is -3.19. The summed E-state index contributed by atoms with van der Waals surface area (Å²) in [5, 5.41) is 0. The number of carbonyl (C=O) groups is 1. The minimum atomic E-state index is -1.14. The Morgan fingerprint density at radius 2 is 1.67 bits per heavy atom. The molecule has 0 aliphatic heterocycles. The van der Waals surface area contributed by atoms with Crippen LogP contribution in [-0.2, 0) is 0 Å². The lowest BCUT2D eigenvalue weighted by Crippen LogP contribution is -2.15. The van der Waals surface area contributed by atoms with Gasteiger partial charge in [-0.1, -0.05) is 13.8 Å². The van der Waals surface area contributed by atoms with Gasteiger partial charge < -0.3 is 10.5 Å². The van der Waals surface area contributed by atoms with E-state index in [0.29, 0.717) is 0 Å². The molecule has 2 N–H and O–H groups in total. The molecule has 0 aliphatic carbocycles. The maximum atomic E-state index is 12.9. The van der Waals surface area contributed by atoms with Gasteiger partial charge in [-0.25, -0.2) is 8.78 Å². The number of hydrogen-bond donors (Lipinski definition) is 1. The van der Waals surface area contributed by atoms with Gasteiger partial charge in [0.05, 0.1) is 7.11 Å². The van der Waals surface area contributed by atoms with Crippen LogP contribution in [0.4, 0.5) is 8.78 Å². The molecular formula is C10H13F2NO2. The van der Waals surface area contributed by atoms with E-state index in [1.54, 1.807) is 0 Å². The number of rotatable bonds is 2. The fraction of sp³-hybridized carbons (Fsp3) is 0.300. The second kappa shape index (κ2) is 5.95. The Balaban J connectivity index is 0.000000921. The van der Waals surface area contributed by atoms with Crippen LogP contribution in [-0.4, -0.2) is 13.0 Å². The van der Waals surface area contributed by atoms with Crippen LogP contribution in [0.15, 0.2) is 12.1 Å². The second-order valence-electron chi connectivity index (χ2n) is 2.33. The van der Waals surface area contributed by atoms with E-state index >= 15 is 0 Å². The Morgan fingerprint density at radius 3 is 1.93 bits per heavy atom. The van der Waals surface area contributed by atoms with E-state index in [0.717, 1.165) is 12.1 Å². The van der Waals surface area contributed by atoms with Crippen LogP contribution >= 0.6 is 0 Å². The summed E-state index contributed by atoms with van der Waals surface area (Å²) in [7, 11) is 1.26. The molecule has 1 aromatic rings. The van der Waals surface area contributed by atoms with Crippen molar-refractivity contribution < 1.29 is 18.3 Å². The van der Waals surface area contributed by atoms with Crippen molar-refractivity contribution in [3.05, 3.63) is 29.3 Å². The lowest BCUT2D eigenvalue weighted by Gasteiger charge is -2.03. The van der Waals surface area contributed by atoms with Crippen molar-refractivity contribution in [2.45, 2.75) is 13.8 Å². The maximum absolute atomic E-state index is 12.9. The predicted molar refractivity (Wildman–Crippen MR) is 52.8 cm³/mol. The summed E-state index contributed by atoms with van der Waals surface area (Å²) in [6.45, 7) is 4.00. The SMILES string of the molecule is CC.COc1cc(F)c(C(N)=O)c(F)c1. The van der Waals surface area contributed by atoms with E-state index in [9.17, 15) is 13.6 Å². The third kappa shape index (κ3) is 3.19. The average Bonchev–Trinajstić information content (AvgIpc) is 2.19. The van der Waals surface area contributed by atoms with Crippen molar-refractivity contribution in [2.75, 3.05) is 7.11 Å². The highest BCUT2D eigenvalue weighted by atomic mass is 19.1. The Labute approximate surface area is 86.8 Å². The normalized spacial score (nSPS) is 8.87. The van der Waals surface area contributed by atoms with E-state index in [-0.39, 0.29) is 5.75 Å². The van der Waals surface area contributed by atoms with Gasteiger partial charge >= 0.3 is 0 Å². The third-order valence-corrected chi connectivity index (χ3v) is 1.50. The number of hydrogen-bond acceptors (Lipinski definition) is 2. The Kier molecular flexibility index (Phi) is 5.30. The molecule has 0 aliphatic rings. The van der Waals surface area contributed by atoms with Crippen molar-refractivity contribution >= 4 is 5.91 Å². The average molecular weight is 217 g/mol. The summed E-state index contributed by atoms with van der Waals surface area (Å²) < 4.78 is 30.4. The Hall–Kier alpha value is -1.65. The summed E-state index contributed by atoms with van der Waals surface area (Å²) in [4.78, 5) is 10.5.